The van der Waals surface area contributed by atoms with E-state index in [0.29, 0.717) is 23.7 Å². The van der Waals surface area contributed by atoms with Crippen LogP contribution < -0.4 is 5.32 Å². The van der Waals surface area contributed by atoms with Gasteiger partial charge in [-0.1, -0.05) is 38.1 Å². The number of aryl methyl sites for hydroxylation is 1. The van der Waals surface area contributed by atoms with Crippen molar-refractivity contribution in [1.82, 2.24) is 40.1 Å². The average molecular weight is 553 g/mol. The highest BCUT2D eigenvalue weighted by Gasteiger charge is 2.37. The number of H-pyrrole nitrogens is 2. The first-order valence-corrected chi connectivity index (χ1v) is 13.7. The van der Waals surface area contributed by atoms with Crippen molar-refractivity contribution in [1.29, 1.82) is 0 Å². The molecule has 3 N–H and O–H groups in total. The molecule has 0 spiro atoms. The number of hydrogen-bond acceptors (Lipinski definition) is 7. The number of likely N-dealkylation sites (tertiary alicyclic amines) is 1. The molecule has 5 aromatic rings. The van der Waals surface area contributed by atoms with Gasteiger partial charge in [-0.05, 0) is 48.9 Å². The number of carbonyl (C=O) groups is 2. The summed E-state index contributed by atoms with van der Waals surface area (Å²) >= 11 is 0. The van der Waals surface area contributed by atoms with Gasteiger partial charge in [-0.2, -0.15) is 0 Å². The number of rotatable bonds is 6. The molecule has 41 heavy (non-hydrogen) atoms. The second-order valence-electron chi connectivity index (χ2n) is 10.8. The van der Waals surface area contributed by atoms with Gasteiger partial charge in [0.2, 0.25) is 5.91 Å². The van der Waals surface area contributed by atoms with Crippen LogP contribution in [0.1, 0.15) is 44.4 Å². The van der Waals surface area contributed by atoms with E-state index in [-0.39, 0.29) is 17.9 Å². The number of amides is 2. The Morgan fingerprint density at radius 2 is 1.56 bits per heavy atom. The molecular formula is C30H32N8O3. The molecule has 0 radical (unpaired) electrons. The molecule has 0 aliphatic carbocycles. The number of aromatic nitrogens is 6. The molecule has 6 rings (SSSR count). The Bertz CT molecular complexity index is 1740. The van der Waals surface area contributed by atoms with Gasteiger partial charge in [0.25, 0.3) is 0 Å². The lowest BCUT2D eigenvalue weighted by Crippen LogP contribution is -2.51. The van der Waals surface area contributed by atoms with Crippen LogP contribution >= 0.6 is 0 Å². The van der Waals surface area contributed by atoms with Crippen molar-refractivity contribution in [2.75, 3.05) is 13.7 Å². The van der Waals surface area contributed by atoms with Gasteiger partial charge in [0, 0.05) is 30.1 Å². The van der Waals surface area contributed by atoms with Crippen LogP contribution in [-0.2, 0) is 9.53 Å². The van der Waals surface area contributed by atoms with Crippen molar-refractivity contribution >= 4 is 34.3 Å². The Kier molecular flexibility index (Phi) is 6.86. The van der Waals surface area contributed by atoms with Crippen LogP contribution in [0, 0.1) is 12.8 Å². The number of methoxy groups -OCH3 is 1. The molecule has 4 aromatic heterocycles. The molecule has 1 saturated heterocycles. The molecule has 2 amide bonds. The molecule has 1 aliphatic rings. The van der Waals surface area contributed by atoms with E-state index in [1.165, 1.54) is 7.11 Å². The van der Waals surface area contributed by atoms with E-state index in [0.717, 1.165) is 52.0 Å². The van der Waals surface area contributed by atoms with Crippen LogP contribution in [0.5, 0.6) is 0 Å². The summed E-state index contributed by atoms with van der Waals surface area (Å²) in [6.07, 6.45) is 4.66. The smallest absolute Gasteiger partial charge is 0.407 e. The summed E-state index contributed by atoms with van der Waals surface area (Å²) in [5.41, 5.74) is 7.08. The molecule has 210 valence electrons. The normalized spacial score (nSPS) is 16.0. The molecule has 0 saturated carbocycles. The molecule has 2 atom stereocenters. The van der Waals surface area contributed by atoms with Crippen LogP contribution in [0.4, 0.5) is 4.79 Å². The number of hydrogen-bond donors (Lipinski definition) is 3. The minimum Gasteiger partial charge on any atom is -0.453 e. The fourth-order valence-electron chi connectivity index (χ4n) is 5.46. The molecule has 5 heterocycles. The van der Waals surface area contributed by atoms with Crippen LogP contribution in [0.3, 0.4) is 0 Å². The first-order valence-electron chi connectivity index (χ1n) is 13.7. The minimum atomic E-state index is -0.679. The summed E-state index contributed by atoms with van der Waals surface area (Å²) in [6, 6.07) is 11.5. The van der Waals surface area contributed by atoms with E-state index in [1.807, 2.05) is 39.2 Å². The second-order valence-corrected chi connectivity index (χ2v) is 10.8. The first-order chi connectivity index (χ1) is 19.8. The van der Waals surface area contributed by atoms with E-state index in [4.69, 9.17) is 9.72 Å². The van der Waals surface area contributed by atoms with Crippen LogP contribution in [-0.4, -0.2) is 66.5 Å². The lowest BCUT2D eigenvalue weighted by Gasteiger charge is -2.29. The van der Waals surface area contributed by atoms with Crippen molar-refractivity contribution < 1.29 is 14.3 Å². The Morgan fingerprint density at radius 3 is 2.17 bits per heavy atom. The first kappa shape index (κ1) is 26.4. The van der Waals surface area contributed by atoms with Crippen LogP contribution in [0.15, 0.2) is 48.8 Å². The summed E-state index contributed by atoms with van der Waals surface area (Å²) in [5.74, 6) is 1.30. The van der Waals surface area contributed by atoms with Crippen molar-refractivity contribution in [3.05, 3.63) is 60.4 Å². The lowest BCUT2D eigenvalue weighted by molar-refractivity contribution is -0.135. The summed E-state index contributed by atoms with van der Waals surface area (Å²) < 4.78 is 4.73. The molecule has 1 aromatic carbocycles. The topological polar surface area (TPSA) is 142 Å². The summed E-state index contributed by atoms with van der Waals surface area (Å²) in [4.78, 5) is 52.0. The number of benzene rings is 1. The number of fused-ring (bicyclic) bond motifs is 2. The van der Waals surface area contributed by atoms with Gasteiger partial charge < -0.3 is 24.9 Å². The number of nitrogens with one attached hydrogen (secondary N) is 3. The van der Waals surface area contributed by atoms with Gasteiger partial charge in [-0.25, -0.2) is 24.7 Å². The second kappa shape index (κ2) is 10.6. The zero-order chi connectivity index (χ0) is 28.7. The molecule has 11 nitrogen and oxygen atoms in total. The fraction of sp³-hybridized carbons (Fsp3) is 0.333. The molecule has 0 unspecified atom stereocenters. The van der Waals surface area contributed by atoms with E-state index in [1.54, 1.807) is 4.90 Å². The monoisotopic (exact) mass is 552 g/mol. The summed E-state index contributed by atoms with van der Waals surface area (Å²) in [6.45, 7) is 6.32. The predicted molar refractivity (Wildman–Crippen MR) is 155 cm³/mol. The highest BCUT2D eigenvalue weighted by molar-refractivity contribution is 5.87. The minimum absolute atomic E-state index is 0.0945. The van der Waals surface area contributed by atoms with E-state index >= 15 is 0 Å². The molecule has 1 fully saturated rings. The maximum Gasteiger partial charge on any atom is 0.407 e. The van der Waals surface area contributed by atoms with Crippen molar-refractivity contribution in [3.63, 3.8) is 0 Å². The zero-order valence-electron chi connectivity index (χ0n) is 23.4. The van der Waals surface area contributed by atoms with Gasteiger partial charge in [-0.15, -0.1) is 0 Å². The number of carbonyl (C=O) groups excluding carboxylic acids is 2. The van der Waals surface area contributed by atoms with E-state index in [9.17, 15) is 9.59 Å². The number of aromatic amines is 2. The molecule has 0 bridgehead atoms. The third-order valence-electron chi connectivity index (χ3n) is 7.61. The number of ether oxygens (including phenoxy) is 1. The Hall–Kier alpha value is -4.80. The number of alkyl carbamates (subject to hydrolysis) is 1. The summed E-state index contributed by atoms with van der Waals surface area (Å²) in [7, 11) is 1.29. The average Bonchev–Trinajstić information content (AvgIpc) is 3.71. The maximum atomic E-state index is 13.5. The lowest BCUT2D eigenvalue weighted by atomic mass is 10.0. The quantitative estimate of drug-likeness (QED) is 0.272. The third-order valence-corrected chi connectivity index (χ3v) is 7.61. The Labute approximate surface area is 236 Å². The van der Waals surface area contributed by atoms with Crippen molar-refractivity contribution in [3.8, 4) is 22.3 Å². The van der Waals surface area contributed by atoms with Gasteiger partial charge >= 0.3 is 6.09 Å². The largest absolute Gasteiger partial charge is 0.453 e. The fourth-order valence-corrected chi connectivity index (χ4v) is 5.46. The Morgan fingerprint density at radius 1 is 0.951 bits per heavy atom. The molecular weight excluding hydrogens is 520 g/mol. The maximum absolute atomic E-state index is 13.5. The number of nitrogens with zero attached hydrogens (tertiary/aromatic N) is 5. The van der Waals surface area contributed by atoms with E-state index < -0.39 is 12.1 Å². The van der Waals surface area contributed by atoms with Gasteiger partial charge in [-0.3, -0.25) is 4.79 Å². The standard InChI is InChI=1S/C30H32N8O3/c1-16(2)25(36-30(40)41-4)29(39)38-11-5-6-24(38)28-35-23-13-21(15-32-27(23)37-28)19-9-7-18(8-10-19)20-12-22-26(31-14-20)34-17(3)33-22/h7-10,12-16,24-25H,5-6,11H2,1-4H3,(H,36,40)(H,31,33,34)(H,32,35,37)/t24-,25-/m0/s1. The van der Waals surface area contributed by atoms with Gasteiger partial charge in [0.15, 0.2) is 11.3 Å². The highest BCUT2D eigenvalue weighted by atomic mass is 16.5. The predicted octanol–water partition coefficient (Wildman–Crippen LogP) is 4.92. The van der Waals surface area contributed by atoms with Crippen LogP contribution in [0.25, 0.3) is 44.6 Å². The van der Waals surface area contributed by atoms with Gasteiger partial charge in [0.1, 0.15) is 17.7 Å². The van der Waals surface area contributed by atoms with Crippen molar-refractivity contribution in [2.24, 2.45) is 5.92 Å². The number of imidazole rings is 2. The summed E-state index contributed by atoms with van der Waals surface area (Å²) in [5, 5.41) is 2.69. The van der Waals surface area contributed by atoms with E-state index in [2.05, 4.69) is 60.6 Å². The zero-order valence-corrected chi connectivity index (χ0v) is 23.4. The SMILES string of the molecule is COC(=O)N[C@H](C(=O)N1CCC[C@H]1c1nc2ncc(-c3ccc(-c4cnc5nc(C)[nH]c5c4)cc3)cc2[nH]1)C(C)C. The third kappa shape index (κ3) is 5.10. The number of pyridine rings is 2. The molecule has 11 heteroatoms. The molecule has 1 aliphatic heterocycles. The van der Waals surface area contributed by atoms with Crippen LogP contribution in [0.2, 0.25) is 0 Å². The van der Waals surface area contributed by atoms with Crippen molar-refractivity contribution in [2.45, 2.75) is 45.7 Å². The van der Waals surface area contributed by atoms with Gasteiger partial charge in [0.05, 0.1) is 24.2 Å². The highest BCUT2D eigenvalue weighted by Crippen LogP contribution is 2.33. The Balaban J connectivity index is 1.23.